The Morgan fingerprint density at radius 3 is 1.26 bits per heavy atom. The van der Waals surface area contributed by atoms with Crippen molar-refractivity contribution in [3.8, 4) is 0 Å². The van der Waals surface area contributed by atoms with E-state index in [1.165, 1.54) is 173 Å². The first-order valence-corrected chi connectivity index (χ1v) is 25.4. The number of unbranched alkanes of at least 4 members (excludes halogenated alkanes) is 34. The molecule has 57 heavy (non-hydrogen) atoms. The average Bonchev–Trinajstić information content (AvgIpc) is 3.21. The number of aliphatic hydroxyl groups excluding tert-OH is 2. The number of carbonyl (C=O) groups excluding carboxylic acids is 2. The van der Waals surface area contributed by atoms with Gasteiger partial charge in [0.2, 0.25) is 5.91 Å². The number of ether oxygens (including phenoxy) is 1. The van der Waals surface area contributed by atoms with Gasteiger partial charge in [0.1, 0.15) is 0 Å². The topological polar surface area (TPSA) is 95.9 Å². The van der Waals surface area contributed by atoms with Crippen LogP contribution in [0.15, 0.2) is 12.2 Å². The molecule has 0 spiro atoms. The summed E-state index contributed by atoms with van der Waals surface area (Å²) < 4.78 is 5.46. The molecule has 0 aliphatic carbocycles. The summed E-state index contributed by atoms with van der Waals surface area (Å²) >= 11 is 0. The molecule has 0 saturated carbocycles. The van der Waals surface area contributed by atoms with Crippen LogP contribution >= 0.6 is 0 Å². The number of esters is 1. The molecule has 2 unspecified atom stereocenters. The Balaban J connectivity index is 3.47. The van der Waals surface area contributed by atoms with Crippen LogP contribution in [0.2, 0.25) is 0 Å². The number of amides is 1. The van der Waals surface area contributed by atoms with Crippen molar-refractivity contribution >= 4 is 11.9 Å². The number of nitrogens with one attached hydrogen (secondary N) is 1. The van der Waals surface area contributed by atoms with Crippen molar-refractivity contribution in [3.63, 3.8) is 0 Å². The van der Waals surface area contributed by atoms with Crippen molar-refractivity contribution in [1.29, 1.82) is 0 Å². The molecular weight excluding hydrogens is 707 g/mol. The molecule has 6 nitrogen and oxygen atoms in total. The van der Waals surface area contributed by atoms with Gasteiger partial charge in [-0.25, -0.2) is 0 Å². The second-order valence-electron chi connectivity index (χ2n) is 17.5. The number of hydrogen-bond donors (Lipinski definition) is 3. The lowest BCUT2D eigenvalue weighted by molar-refractivity contribution is -0.143. The maximum Gasteiger partial charge on any atom is 0.305 e. The highest BCUT2D eigenvalue weighted by atomic mass is 16.5. The molecule has 0 aliphatic heterocycles. The first-order valence-electron chi connectivity index (χ1n) is 25.4. The number of hydrogen-bond acceptors (Lipinski definition) is 5. The molecule has 0 aromatic heterocycles. The molecule has 338 valence electrons. The number of carbonyl (C=O) groups is 2. The third-order valence-electron chi connectivity index (χ3n) is 11.8. The third kappa shape index (κ3) is 44.0. The lowest BCUT2D eigenvalue weighted by Crippen LogP contribution is -2.45. The minimum Gasteiger partial charge on any atom is -0.466 e. The molecule has 0 radical (unpaired) electrons. The van der Waals surface area contributed by atoms with Gasteiger partial charge in [-0.3, -0.25) is 9.59 Å². The average molecular weight is 806 g/mol. The van der Waals surface area contributed by atoms with E-state index in [0.29, 0.717) is 25.9 Å². The van der Waals surface area contributed by atoms with Gasteiger partial charge in [0, 0.05) is 12.8 Å². The second-order valence-corrected chi connectivity index (χ2v) is 17.5. The van der Waals surface area contributed by atoms with Gasteiger partial charge in [-0.05, 0) is 51.4 Å². The number of aliphatic hydroxyl groups is 2. The summed E-state index contributed by atoms with van der Waals surface area (Å²) in [5.41, 5.74) is 0. The van der Waals surface area contributed by atoms with Gasteiger partial charge in [0.15, 0.2) is 0 Å². The van der Waals surface area contributed by atoms with Gasteiger partial charge in [-0.15, -0.1) is 0 Å². The molecule has 0 aliphatic rings. The first-order chi connectivity index (χ1) is 28.0. The standard InChI is InChI=1S/C51H99NO5/c1-3-5-7-9-11-13-15-17-18-21-25-29-33-37-41-45-51(56)57-46-42-38-34-30-26-22-19-20-24-28-32-36-40-44-50(55)52-48(47-53)49(54)43-39-35-31-27-23-16-14-12-10-8-6-4-2/h20,24,48-49,53-54H,3-19,21-23,25-47H2,1-2H3,(H,52,55)/b24-20-. The van der Waals surface area contributed by atoms with Crippen LogP contribution in [0, 0.1) is 0 Å². The van der Waals surface area contributed by atoms with Crippen LogP contribution in [0.5, 0.6) is 0 Å². The predicted octanol–water partition coefficient (Wildman–Crippen LogP) is 15.0. The van der Waals surface area contributed by atoms with Gasteiger partial charge in [0.05, 0.1) is 25.4 Å². The summed E-state index contributed by atoms with van der Waals surface area (Å²) in [6, 6.07) is -0.559. The first kappa shape index (κ1) is 55.6. The Hall–Kier alpha value is -1.40. The maximum atomic E-state index is 12.4. The minimum absolute atomic E-state index is 0.00974. The van der Waals surface area contributed by atoms with Crippen LogP contribution in [-0.4, -0.2) is 47.4 Å². The van der Waals surface area contributed by atoms with Crippen molar-refractivity contribution in [2.45, 2.75) is 289 Å². The van der Waals surface area contributed by atoms with E-state index >= 15 is 0 Å². The molecule has 2 atom stereocenters. The molecule has 1 amide bonds. The molecular formula is C51H99NO5. The van der Waals surface area contributed by atoms with Crippen LogP contribution in [0.25, 0.3) is 0 Å². The van der Waals surface area contributed by atoms with E-state index in [2.05, 4.69) is 31.3 Å². The minimum atomic E-state index is -0.679. The normalized spacial score (nSPS) is 12.7. The van der Waals surface area contributed by atoms with Crippen LogP contribution in [-0.2, 0) is 14.3 Å². The van der Waals surface area contributed by atoms with Gasteiger partial charge in [-0.2, -0.15) is 0 Å². The van der Waals surface area contributed by atoms with Gasteiger partial charge in [-0.1, -0.05) is 225 Å². The summed E-state index contributed by atoms with van der Waals surface area (Å²) in [5, 5.41) is 23.1. The molecule has 0 fully saturated rings. The summed E-state index contributed by atoms with van der Waals surface area (Å²) in [5.74, 6) is -0.0746. The highest BCUT2D eigenvalue weighted by Crippen LogP contribution is 2.16. The Kier molecular flexibility index (Phi) is 46.1. The summed E-state index contributed by atoms with van der Waals surface area (Å²) in [7, 11) is 0. The van der Waals surface area contributed by atoms with E-state index in [0.717, 1.165) is 70.6 Å². The van der Waals surface area contributed by atoms with Crippen molar-refractivity contribution in [1.82, 2.24) is 5.32 Å². The van der Waals surface area contributed by atoms with Gasteiger partial charge >= 0.3 is 5.97 Å². The fourth-order valence-electron chi connectivity index (χ4n) is 7.87. The quantitative estimate of drug-likeness (QED) is 0.0323. The predicted molar refractivity (Wildman–Crippen MR) is 246 cm³/mol. The maximum absolute atomic E-state index is 12.4. The Morgan fingerprint density at radius 1 is 0.474 bits per heavy atom. The zero-order chi connectivity index (χ0) is 41.5. The van der Waals surface area contributed by atoms with E-state index in [1.54, 1.807) is 0 Å². The van der Waals surface area contributed by atoms with Crippen molar-refractivity contribution < 1.29 is 24.5 Å². The smallest absolute Gasteiger partial charge is 0.305 e. The van der Waals surface area contributed by atoms with E-state index in [4.69, 9.17) is 4.74 Å². The summed E-state index contributed by atoms with van der Waals surface area (Å²) in [6.07, 6.45) is 53.2. The molecule has 0 bridgehead atoms. The van der Waals surface area contributed by atoms with Crippen LogP contribution in [0.1, 0.15) is 277 Å². The molecule has 0 heterocycles. The van der Waals surface area contributed by atoms with Crippen molar-refractivity contribution in [3.05, 3.63) is 12.2 Å². The lowest BCUT2D eigenvalue weighted by atomic mass is 10.0. The van der Waals surface area contributed by atoms with Crippen LogP contribution in [0.4, 0.5) is 0 Å². The SMILES string of the molecule is CCCCCCCCCCCCCCCCCC(=O)OCCCCCCCC/C=C\CCCCCC(=O)NC(CO)C(O)CCCCCCCCCCCCCC. The molecule has 6 heteroatoms. The van der Waals surface area contributed by atoms with Crippen LogP contribution in [0.3, 0.4) is 0 Å². The molecule has 0 aromatic rings. The zero-order valence-corrected chi connectivity index (χ0v) is 38.3. The fourth-order valence-corrected chi connectivity index (χ4v) is 7.87. The van der Waals surface area contributed by atoms with E-state index < -0.39 is 12.1 Å². The van der Waals surface area contributed by atoms with E-state index in [-0.39, 0.29) is 18.5 Å². The molecule has 0 rings (SSSR count). The van der Waals surface area contributed by atoms with E-state index in [1.807, 2.05) is 0 Å². The largest absolute Gasteiger partial charge is 0.466 e. The van der Waals surface area contributed by atoms with E-state index in [9.17, 15) is 19.8 Å². The number of allylic oxidation sites excluding steroid dienone is 2. The second kappa shape index (κ2) is 47.3. The van der Waals surface area contributed by atoms with Crippen molar-refractivity contribution in [2.24, 2.45) is 0 Å². The molecule has 0 saturated heterocycles. The van der Waals surface area contributed by atoms with Crippen molar-refractivity contribution in [2.75, 3.05) is 13.2 Å². The fraction of sp³-hybridized carbons (Fsp3) is 0.922. The molecule has 3 N–H and O–H groups in total. The third-order valence-corrected chi connectivity index (χ3v) is 11.8. The highest BCUT2D eigenvalue weighted by molar-refractivity contribution is 5.76. The summed E-state index contributed by atoms with van der Waals surface area (Å²) in [4.78, 5) is 24.4. The van der Waals surface area contributed by atoms with Gasteiger partial charge < -0.3 is 20.3 Å². The number of rotatable bonds is 47. The Labute approximate surface area is 355 Å². The highest BCUT2D eigenvalue weighted by Gasteiger charge is 2.20. The zero-order valence-electron chi connectivity index (χ0n) is 38.3. The summed E-state index contributed by atoms with van der Waals surface area (Å²) in [6.45, 7) is 4.91. The Morgan fingerprint density at radius 2 is 0.825 bits per heavy atom. The Bertz CT molecular complexity index is 847. The molecule has 0 aromatic carbocycles. The lowest BCUT2D eigenvalue weighted by Gasteiger charge is -2.22. The van der Waals surface area contributed by atoms with Gasteiger partial charge in [0.25, 0.3) is 0 Å². The monoisotopic (exact) mass is 806 g/mol. The van der Waals surface area contributed by atoms with Crippen LogP contribution < -0.4 is 5.32 Å².